The van der Waals surface area contributed by atoms with Crippen molar-refractivity contribution in [3.63, 3.8) is 0 Å². The van der Waals surface area contributed by atoms with Gasteiger partial charge in [0.15, 0.2) is 0 Å². The van der Waals surface area contributed by atoms with Crippen molar-refractivity contribution in [3.05, 3.63) is 0 Å². The van der Waals surface area contributed by atoms with Crippen molar-refractivity contribution in [2.75, 3.05) is 13.6 Å². The Hall–Kier alpha value is -0.610. The van der Waals surface area contributed by atoms with Crippen LogP contribution in [0.15, 0.2) is 0 Å². The van der Waals surface area contributed by atoms with Gasteiger partial charge in [0.25, 0.3) is 0 Å². The minimum Gasteiger partial charge on any atom is -0.368 e. The van der Waals surface area contributed by atoms with Gasteiger partial charge in [-0.2, -0.15) is 0 Å². The number of likely N-dealkylation sites (tertiary alicyclic amines) is 1. The fraction of sp³-hybridized carbons (Fsp3) is 0.917. The van der Waals surface area contributed by atoms with Crippen LogP contribution in [0, 0.1) is 0 Å². The maximum atomic E-state index is 11.5. The fourth-order valence-corrected chi connectivity index (χ4v) is 2.49. The quantitative estimate of drug-likeness (QED) is 0.727. The maximum absolute atomic E-state index is 11.5. The first-order chi connectivity index (χ1) is 7.44. The molecule has 1 rings (SSSR count). The summed E-state index contributed by atoms with van der Waals surface area (Å²) in [6.07, 6.45) is 3.59. The van der Waals surface area contributed by atoms with Crippen molar-refractivity contribution in [2.45, 2.75) is 57.7 Å². The molecular formula is C12H25N3O. The molecule has 0 aromatic heterocycles. The van der Waals surface area contributed by atoms with E-state index in [9.17, 15) is 4.79 Å². The van der Waals surface area contributed by atoms with Crippen molar-refractivity contribution in [1.29, 1.82) is 0 Å². The molecule has 1 aliphatic rings. The van der Waals surface area contributed by atoms with Gasteiger partial charge in [-0.05, 0) is 40.2 Å². The van der Waals surface area contributed by atoms with Gasteiger partial charge in [-0.25, -0.2) is 0 Å². The normalized spacial score (nSPS) is 30.2. The number of carbonyl (C=O) groups is 1. The molecule has 0 bridgehead atoms. The molecule has 0 aliphatic carbocycles. The third kappa shape index (κ3) is 2.55. The zero-order chi connectivity index (χ0) is 12.3. The summed E-state index contributed by atoms with van der Waals surface area (Å²) in [7, 11) is 1.80. The summed E-state index contributed by atoms with van der Waals surface area (Å²) >= 11 is 0. The number of nitrogens with one attached hydrogen (secondary N) is 1. The van der Waals surface area contributed by atoms with E-state index in [1.807, 2.05) is 6.92 Å². The SMILES string of the molecule is CCC1CCC(C)N1CC(C)(NC)C(N)=O. The van der Waals surface area contributed by atoms with Crippen LogP contribution in [0.1, 0.15) is 40.0 Å². The average molecular weight is 227 g/mol. The first kappa shape index (κ1) is 13.5. The van der Waals surface area contributed by atoms with E-state index in [1.165, 1.54) is 12.8 Å². The van der Waals surface area contributed by atoms with E-state index >= 15 is 0 Å². The molecule has 94 valence electrons. The summed E-state index contributed by atoms with van der Waals surface area (Å²) < 4.78 is 0. The summed E-state index contributed by atoms with van der Waals surface area (Å²) in [6, 6.07) is 1.15. The Balaban J connectivity index is 2.73. The largest absolute Gasteiger partial charge is 0.368 e. The summed E-state index contributed by atoms with van der Waals surface area (Å²) in [5.74, 6) is -0.274. The molecule has 1 amide bonds. The van der Waals surface area contributed by atoms with Crippen LogP contribution in [-0.2, 0) is 4.79 Å². The van der Waals surface area contributed by atoms with E-state index in [1.54, 1.807) is 7.05 Å². The van der Waals surface area contributed by atoms with E-state index in [0.29, 0.717) is 18.6 Å². The van der Waals surface area contributed by atoms with Crippen LogP contribution in [0.2, 0.25) is 0 Å². The molecule has 3 N–H and O–H groups in total. The van der Waals surface area contributed by atoms with Crippen molar-refractivity contribution >= 4 is 5.91 Å². The van der Waals surface area contributed by atoms with Crippen molar-refractivity contribution in [2.24, 2.45) is 5.73 Å². The van der Waals surface area contributed by atoms with E-state index in [2.05, 4.69) is 24.1 Å². The lowest BCUT2D eigenvalue weighted by Gasteiger charge is -2.36. The highest BCUT2D eigenvalue weighted by atomic mass is 16.1. The molecule has 0 radical (unpaired) electrons. The molecule has 3 atom stereocenters. The number of amides is 1. The third-order valence-electron chi connectivity index (χ3n) is 4.02. The Bertz CT molecular complexity index is 257. The highest BCUT2D eigenvalue weighted by Gasteiger charge is 2.38. The first-order valence-electron chi connectivity index (χ1n) is 6.19. The number of nitrogens with two attached hydrogens (primary N) is 1. The van der Waals surface area contributed by atoms with Crippen LogP contribution >= 0.6 is 0 Å². The van der Waals surface area contributed by atoms with E-state index in [4.69, 9.17) is 5.73 Å². The van der Waals surface area contributed by atoms with E-state index in [-0.39, 0.29) is 5.91 Å². The molecule has 1 saturated heterocycles. The maximum Gasteiger partial charge on any atom is 0.238 e. The first-order valence-corrected chi connectivity index (χ1v) is 6.19. The lowest BCUT2D eigenvalue weighted by molar-refractivity contribution is -0.124. The molecule has 3 unspecified atom stereocenters. The molecule has 4 nitrogen and oxygen atoms in total. The van der Waals surface area contributed by atoms with Crippen LogP contribution in [0.4, 0.5) is 0 Å². The fourth-order valence-electron chi connectivity index (χ4n) is 2.49. The summed E-state index contributed by atoms with van der Waals surface area (Å²) in [4.78, 5) is 13.9. The number of nitrogens with zero attached hydrogens (tertiary/aromatic N) is 1. The second-order valence-electron chi connectivity index (χ2n) is 5.11. The van der Waals surface area contributed by atoms with Crippen molar-refractivity contribution < 1.29 is 4.79 Å². The zero-order valence-corrected chi connectivity index (χ0v) is 10.9. The number of hydrogen-bond donors (Lipinski definition) is 2. The van der Waals surface area contributed by atoms with Gasteiger partial charge in [0, 0.05) is 18.6 Å². The van der Waals surface area contributed by atoms with Crippen LogP contribution in [0.25, 0.3) is 0 Å². The molecule has 1 fully saturated rings. The second-order valence-corrected chi connectivity index (χ2v) is 5.11. The minimum atomic E-state index is -0.619. The molecule has 0 spiro atoms. The van der Waals surface area contributed by atoms with Crippen LogP contribution in [0.5, 0.6) is 0 Å². The Morgan fingerprint density at radius 1 is 1.56 bits per heavy atom. The summed E-state index contributed by atoms with van der Waals surface area (Å²) in [5.41, 5.74) is 4.84. The lowest BCUT2D eigenvalue weighted by Crippen LogP contribution is -2.59. The molecule has 1 heterocycles. The van der Waals surface area contributed by atoms with E-state index in [0.717, 1.165) is 6.42 Å². The van der Waals surface area contributed by atoms with Gasteiger partial charge < -0.3 is 11.1 Å². The van der Waals surface area contributed by atoms with E-state index < -0.39 is 5.54 Å². The number of rotatable bonds is 5. The van der Waals surface area contributed by atoms with Gasteiger partial charge in [-0.3, -0.25) is 9.69 Å². The van der Waals surface area contributed by atoms with Gasteiger partial charge in [-0.15, -0.1) is 0 Å². The molecule has 0 saturated carbocycles. The van der Waals surface area contributed by atoms with Gasteiger partial charge in [-0.1, -0.05) is 6.92 Å². The standard InChI is InChI=1S/C12H25N3O/c1-5-10-7-6-9(2)15(10)8-12(3,14-4)11(13)16/h9-10,14H,5-8H2,1-4H3,(H2,13,16). The summed E-state index contributed by atoms with van der Waals surface area (Å²) in [6.45, 7) is 7.02. The summed E-state index contributed by atoms with van der Waals surface area (Å²) in [5, 5.41) is 3.05. The predicted octanol–water partition coefficient (Wildman–Crippen LogP) is 0.713. The van der Waals surface area contributed by atoms with Gasteiger partial charge in [0.2, 0.25) is 5.91 Å². The van der Waals surface area contributed by atoms with Gasteiger partial charge in [0.1, 0.15) is 5.54 Å². The predicted molar refractivity (Wildman–Crippen MR) is 66.1 cm³/mol. The molecular weight excluding hydrogens is 202 g/mol. The second kappa shape index (κ2) is 5.15. The monoisotopic (exact) mass is 227 g/mol. The van der Waals surface area contributed by atoms with Crippen LogP contribution < -0.4 is 11.1 Å². The van der Waals surface area contributed by atoms with Crippen LogP contribution in [-0.4, -0.2) is 42.0 Å². The van der Waals surface area contributed by atoms with Crippen molar-refractivity contribution in [3.8, 4) is 0 Å². The Morgan fingerprint density at radius 3 is 2.62 bits per heavy atom. The average Bonchev–Trinajstić information content (AvgIpc) is 2.59. The molecule has 0 aromatic rings. The van der Waals surface area contributed by atoms with Crippen molar-refractivity contribution in [1.82, 2.24) is 10.2 Å². The highest BCUT2D eigenvalue weighted by molar-refractivity contribution is 5.84. The zero-order valence-electron chi connectivity index (χ0n) is 10.9. The molecule has 16 heavy (non-hydrogen) atoms. The number of likely N-dealkylation sites (N-methyl/N-ethyl adjacent to an activating group) is 1. The minimum absolute atomic E-state index is 0.274. The smallest absolute Gasteiger partial charge is 0.238 e. The number of primary amides is 1. The Labute approximate surface area is 98.6 Å². The molecule has 4 heteroatoms. The topological polar surface area (TPSA) is 58.4 Å². The molecule has 0 aromatic carbocycles. The van der Waals surface area contributed by atoms with Gasteiger partial charge >= 0.3 is 0 Å². The molecule has 1 aliphatic heterocycles. The number of carbonyl (C=O) groups excluding carboxylic acids is 1. The Kier molecular flexibility index (Phi) is 4.33. The highest BCUT2D eigenvalue weighted by Crippen LogP contribution is 2.27. The number of hydrogen-bond acceptors (Lipinski definition) is 3. The van der Waals surface area contributed by atoms with Crippen LogP contribution in [0.3, 0.4) is 0 Å². The Morgan fingerprint density at radius 2 is 2.19 bits per heavy atom. The third-order valence-corrected chi connectivity index (χ3v) is 4.02. The lowest BCUT2D eigenvalue weighted by atomic mass is 10.00. The van der Waals surface area contributed by atoms with Gasteiger partial charge in [0.05, 0.1) is 0 Å².